The highest BCUT2D eigenvalue weighted by Crippen LogP contribution is 2.51. The van der Waals surface area contributed by atoms with E-state index in [1.165, 1.54) is 31.2 Å². The molecule has 2 aliphatic carbocycles. The van der Waals surface area contributed by atoms with E-state index >= 15 is 0 Å². The minimum absolute atomic E-state index is 0.0607. The van der Waals surface area contributed by atoms with Crippen molar-refractivity contribution in [2.75, 3.05) is 6.61 Å². The second kappa shape index (κ2) is 9.83. The first-order valence-corrected chi connectivity index (χ1v) is 12.0. The van der Waals surface area contributed by atoms with Gasteiger partial charge in [0, 0.05) is 6.61 Å². The number of phenolic OH excluding ortho intramolecular Hbond substituents is 1. The van der Waals surface area contributed by atoms with Crippen LogP contribution in [0, 0.1) is 17.8 Å². The first-order chi connectivity index (χ1) is 13.9. The van der Waals surface area contributed by atoms with E-state index in [1.807, 2.05) is 6.07 Å². The molecule has 1 aromatic carbocycles. The van der Waals surface area contributed by atoms with E-state index < -0.39 is 0 Å². The summed E-state index contributed by atoms with van der Waals surface area (Å²) in [5.41, 5.74) is 2.27. The first kappa shape index (κ1) is 22.6. The van der Waals surface area contributed by atoms with Crippen LogP contribution in [-0.4, -0.2) is 28.0 Å². The lowest BCUT2D eigenvalue weighted by Gasteiger charge is -2.46. The number of fused-ring (bicyclic) bond motifs is 1. The Hall–Kier alpha value is -1.06. The maximum absolute atomic E-state index is 11.0. The SMILES string of the molecule is CCCCCCC(C)(C)c1ccc([C@H]2C[C@@H](O)C[C@H]3CC[C@@H](CO)C[C@H]32)c(O)c1. The number of hydrogen-bond acceptors (Lipinski definition) is 3. The van der Waals surface area contributed by atoms with Crippen LogP contribution < -0.4 is 0 Å². The zero-order valence-corrected chi connectivity index (χ0v) is 18.7. The van der Waals surface area contributed by atoms with Crippen molar-refractivity contribution in [1.82, 2.24) is 0 Å². The smallest absolute Gasteiger partial charge is 0.119 e. The van der Waals surface area contributed by atoms with Crippen molar-refractivity contribution in [3.63, 3.8) is 0 Å². The van der Waals surface area contributed by atoms with E-state index in [4.69, 9.17) is 0 Å². The van der Waals surface area contributed by atoms with Gasteiger partial charge in [0.05, 0.1) is 6.10 Å². The normalized spacial score (nSPS) is 30.2. The van der Waals surface area contributed by atoms with Crippen LogP contribution in [0.2, 0.25) is 0 Å². The van der Waals surface area contributed by atoms with Gasteiger partial charge in [0.2, 0.25) is 0 Å². The van der Waals surface area contributed by atoms with Gasteiger partial charge in [-0.25, -0.2) is 0 Å². The first-order valence-electron chi connectivity index (χ1n) is 12.0. The molecule has 2 aliphatic rings. The van der Waals surface area contributed by atoms with Gasteiger partial charge in [-0.3, -0.25) is 0 Å². The molecule has 3 nitrogen and oxygen atoms in total. The second-order valence-electron chi connectivity index (χ2n) is 10.5. The van der Waals surface area contributed by atoms with Gasteiger partial charge in [-0.2, -0.15) is 0 Å². The van der Waals surface area contributed by atoms with Gasteiger partial charge in [-0.05, 0) is 84.8 Å². The van der Waals surface area contributed by atoms with Crippen LogP contribution in [0.3, 0.4) is 0 Å². The van der Waals surface area contributed by atoms with E-state index in [9.17, 15) is 15.3 Å². The molecule has 3 N–H and O–H groups in total. The largest absolute Gasteiger partial charge is 0.508 e. The number of aromatic hydroxyl groups is 1. The Kier molecular flexibility index (Phi) is 7.67. The van der Waals surface area contributed by atoms with E-state index in [1.54, 1.807) is 0 Å². The third kappa shape index (κ3) is 5.35. The molecule has 0 aromatic heterocycles. The Labute approximate surface area is 177 Å². The van der Waals surface area contributed by atoms with Crippen molar-refractivity contribution < 1.29 is 15.3 Å². The highest BCUT2D eigenvalue weighted by molar-refractivity contribution is 5.42. The van der Waals surface area contributed by atoms with Gasteiger partial charge >= 0.3 is 0 Å². The van der Waals surface area contributed by atoms with Crippen LogP contribution in [0.1, 0.15) is 102 Å². The number of hydrogen-bond donors (Lipinski definition) is 3. The number of rotatable bonds is 8. The summed E-state index contributed by atoms with van der Waals surface area (Å²) in [5, 5.41) is 31.1. The molecular formula is C26H42O3. The summed E-state index contributed by atoms with van der Waals surface area (Å²) in [5.74, 6) is 1.94. The average Bonchev–Trinajstić information content (AvgIpc) is 2.70. The zero-order chi connectivity index (χ0) is 21.0. The Morgan fingerprint density at radius 1 is 1.03 bits per heavy atom. The maximum atomic E-state index is 11.0. The minimum atomic E-state index is -0.277. The predicted octanol–water partition coefficient (Wildman–Crippen LogP) is 5.90. The molecule has 0 heterocycles. The van der Waals surface area contributed by atoms with Crippen LogP contribution in [0.4, 0.5) is 0 Å². The fourth-order valence-corrected chi connectivity index (χ4v) is 6.00. The zero-order valence-electron chi connectivity index (χ0n) is 18.7. The van der Waals surface area contributed by atoms with Crippen LogP contribution in [0.25, 0.3) is 0 Å². The second-order valence-corrected chi connectivity index (χ2v) is 10.5. The lowest BCUT2D eigenvalue weighted by Crippen LogP contribution is -2.38. The number of aliphatic hydroxyl groups excluding tert-OH is 2. The van der Waals surface area contributed by atoms with Crippen LogP contribution in [0.5, 0.6) is 5.75 Å². The minimum Gasteiger partial charge on any atom is -0.508 e. The quantitative estimate of drug-likeness (QED) is 0.474. The van der Waals surface area contributed by atoms with E-state index in [0.29, 0.717) is 23.5 Å². The molecule has 29 heavy (non-hydrogen) atoms. The highest BCUT2D eigenvalue weighted by Gasteiger charge is 2.42. The fourth-order valence-electron chi connectivity index (χ4n) is 6.00. The van der Waals surface area contributed by atoms with Crippen LogP contribution >= 0.6 is 0 Å². The lowest BCUT2D eigenvalue weighted by molar-refractivity contribution is 0.00985. The third-order valence-electron chi connectivity index (χ3n) is 7.90. The number of phenols is 1. The number of unbranched alkanes of at least 4 members (excludes halogenated alkanes) is 3. The standard InChI is InChI=1S/C26H42O3/c1-4-5-6-7-12-26(2,3)20-10-11-22(25(29)15-20)24-16-21(28)14-19-9-8-18(17-27)13-23(19)24/h10-11,15,18-19,21,23-24,27-29H,4-9,12-14,16-17H2,1-3H3/t18-,19-,21+,23-,24-/m1/s1. The van der Waals surface area contributed by atoms with Gasteiger partial charge in [0.15, 0.2) is 0 Å². The van der Waals surface area contributed by atoms with Crippen molar-refractivity contribution in [2.45, 2.75) is 102 Å². The topological polar surface area (TPSA) is 60.7 Å². The molecule has 0 spiro atoms. The molecule has 3 rings (SSSR count). The van der Waals surface area contributed by atoms with Gasteiger partial charge in [0.1, 0.15) is 5.75 Å². The van der Waals surface area contributed by atoms with Crippen molar-refractivity contribution in [1.29, 1.82) is 0 Å². The predicted molar refractivity (Wildman–Crippen MR) is 119 cm³/mol. The maximum Gasteiger partial charge on any atom is 0.119 e. The molecule has 0 bridgehead atoms. The molecule has 0 saturated heterocycles. The van der Waals surface area contributed by atoms with Gasteiger partial charge in [-0.15, -0.1) is 0 Å². The van der Waals surface area contributed by atoms with E-state index in [2.05, 4.69) is 32.9 Å². The Bertz CT molecular complexity index is 653. The monoisotopic (exact) mass is 402 g/mol. The van der Waals surface area contributed by atoms with E-state index in [-0.39, 0.29) is 24.0 Å². The molecule has 0 amide bonds. The highest BCUT2D eigenvalue weighted by atomic mass is 16.3. The molecule has 2 fully saturated rings. The van der Waals surface area contributed by atoms with Crippen molar-refractivity contribution in [3.05, 3.63) is 29.3 Å². The molecule has 2 saturated carbocycles. The summed E-state index contributed by atoms with van der Waals surface area (Å²) >= 11 is 0. The third-order valence-corrected chi connectivity index (χ3v) is 7.90. The molecule has 5 atom stereocenters. The molecule has 1 aromatic rings. The summed E-state index contributed by atoms with van der Waals surface area (Å²) < 4.78 is 0. The molecule has 0 aliphatic heterocycles. The lowest BCUT2D eigenvalue weighted by atomic mass is 9.60. The van der Waals surface area contributed by atoms with Crippen LogP contribution in [0.15, 0.2) is 18.2 Å². The van der Waals surface area contributed by atoms with Crippen molar-refractivity contribution in [3.8, 4) is 5.75 Å². The molecule has 3 heteroatoms. The Morgan fingerprint density at radius 3 is 2.52 bits per heavy atom. The van der Waals surface area contributed by atoms with Gasteiger partial charge < -0.3 is 15.3 Å². The average molecular weight is 403 g/mol. The molecule has 0 unspecified atom stereocenters. The van der Waals surface area contributed by atoms with Crippen LogP contribution in [-0.2, 0) is 5.41 Å². The van der Waals surface area contributed by atoms with Gasteiger partial charge in [0.25, 0.3) is 0 Å². The fraction of sp³-hybridized carbons (Fsp3) is 0.769. The number of aliphatic hydroxyl groups is 2. The summed E-state index contributed by atoms with van der Waals surface area (Å²) in [7, 11) is 0. The summed E-state index contributed by atoms with van der Waals surface area (Å²) in [4.78, 5) is 0. The summed E-state index contributed by atoms with van der Waals surface area (Å²) in [6, 6.07) is 6.31. The molecular weight excluding hydrogens is 360 g/mol. The Morgan fingerprint density at radius 2 is 1.83 bits per heavy atom. The summed E-state index contributed by atoms with van der Waals surface area (Å²) in [6.45, 7) is 7.06. The van der Waals surface area contributed by atoms with Gasteiger partial charge in [-0.1, -0.05) is 58.6 Å². The van der Waals surface area contributed by atoms with Crippen molar-refractivity contribution >= 4 is 0 Å². The Balaban J connectivity index is 1.77. The number of benzene rings is 1. The van der Waals surface area contributed by atoms with E-state index in [0.717, 1.165) is 44.1 Å². The van der Waals surface area contributed by atoms with Crippen molar-refractivity contribution in [2.24, 2.45) is 17.8 Å². The molecule has 0 radical (unpaired) electrons. The molecule has 164 valence electrons. The summed E-state index contributed by atoms with van der Waals surface area (Å²) in [6.07, 6.45) is 10.7.